The molecule has 0 N–H and O–H groups in total. The second-order valence-corrected chi connectivity index (χ2v) is 3.15. The maximum Gasteiger partial charge on any atom is 0.322 e. The summed E-state index contributed by atoms with van der Waals surface area (Å²) in [5.74, 6) is -0.591. The molecule has 0 bridgehead atoms. The lowest BCUT2D eigenvalue weighted by Crippen LogP contribution is -2.40. The minimum atomic E-state index is -0.591. The first-order chi connectivity index (χ1) is 7.70. The van der Waals surface area contributed by atoms with Gasteiger partial charge in [0.05, 0.1) is 0 Å². The molecule has 0 spiro atoms. The van der Waals surface area contributed by atoms with E-state index in [0.29, 0.717) is 9.46 Å². The highest BCUT2D eigenvalue weighted by Crippen LogP contribution is 2.01. The van der Waals surface area contributed by atoms with Crippen LogP contribution in [0.5, 0.6) is 0 Å². The number of aromatic nitrogens is 2. The zero-order valence-corrected chi connectivity index (χ0v) is 8.24. The van der Waals surface area contributed by atoms with E-state index in [1.165, 1.54) is 36.7 Å². The third kappa shape index (κ3) is 1.70. The Hall–Kier alpha value is -2.43. The summed E-state index contributed by atoms with van der Waals surface area (Å²) in [4.78, 5) is 11.8. The van der Waals surface area contributed by atoms with Gasteiger partial charge in [0.15, 0.2) is 12.4 Å². The van der Waals surface area contributed by atoms with Gasteiger partial charge in [-0.05, 0) is 12.1 Å². The van der Waals surface area contributed by atoms with Crippen molar-refractivity contribution in [3.05, 3.63) is 70.6 Å². The maximum absolute atomic E-state index is 11.8. The van der Waals surface area contributed by atoms with Crippen LogP contribution in [0.15, 0.2) is 48.8 Å². The first-order valence-electron chi connectivity index (χ1n) is 4.61. The Morgan fingerprint density at radius 2 is 1.31 bits per heavy atom. The van der Waals surface area contributed by atoms with Crippen molar-refractivity contribution in [2.24, 2.45) is 0 Å². The first-order valence-corrected chi connectivity index (χ1v) is 4.61. The van der Waals surface area contributed by atoms with E-state index < -0.39 is 5.78 Å². The van der Waals surface area contributed by atoms with Gasteiger partial charge in [-0.15, -0.1) is 0 Å². The van der Waals surface area contributed by atoms with Crippen molar-refractivity contribution in [2.45, 2.75) is 0 Å². The molecule has 5 heteroatoms. The summed E-state index contributed by atoms with van der Waals surface area (Å²) in [7, 11) is 0. The normalized spacial score (nSPS) is 10.0. The molecule has 16 heavy (non-hydrogen) atoms. The summed E-state index contributed by atoms with van der Waals surface area (Å²) < 4.78 is 0.880. The summed E-state index contributed by atoms with van der Waals surface area (Å²) in [6, 6.07) is 8.92. The van der Waals surface area contributed by atoms with Crippen LogP contribution in [0.25, 0.3) is 0 Å². The molecule has 2 aromatic heterocycles. The largest absolute Gasteiger partial charge is 0.618 e. The molecular weight excluding hydrogens is 208 g/mol. The zero-order valence-electron chi connectivity index (χ0n) is 8.24. The van der Waals surface area contributed by atoms with E-state index in [0.717, 1.165) is 0 Å². The third-order valence-electron chi connectivity index (χ3n) is 2.11. The summed E-state index contributed by atoms with van der Waals surface area (Å²) in [5.41, 5.74) is -0.142. The molecule has 80 valence electrons. The average Bonchev–Trinajstić information content (AvgIpc) is 2.29. The standard InChI is InChI=1S/C11H8N2O3/c14-11(9-5-1-3-7-12(9)15)10-6-2-4-8-13(10)16/h1-8H. The van der Waals surface area contributed by atoms with Crippen molar-refractivity contribution in [1.29, 1.82) is 0 Å². The molecule has 0 fully saturated rings. The molecule has 5 nitrogen and oxygen atoms in total. The maximum atomic E-state index is 11.8. The van der Waals surface area contributed by atoms with E-state index in [-0.39, 0.29) is 11.4 Å². The minimum absolute atomic E-state index is 0.0710. The Morgan fingerprint density at radius 3 is 1.69 bits per heavy atom. The van der Waals surface area contributed by atoms with Crippen LogP contribution in [0.4, 0.5) is 0 Å². The lowest BCUT2D eigenvalue weighted by molar-refractivity contribution is -0.615. The van der Waals surface area contributed by atoms with Crippen molar-refractivity contribution < 1.29 is 14.3 Å². The van der Waals surface area contributed by atoms with E-state index >= 15 is 0 Å². The smallest absolute Gasteiger partial charge is 0.322 e. The number of rotatable bonds is 2. The van der Waals surface area contributed by atoms with Gasteiger partial charge in [0.25, 0.3) is 11.4 Å². The molecule has 0 saturated heterocycles. The molecule has 0 amide bonds. The Balaban J connectivity index is 2.48. The molecule has 2 rings (SSSR count). The molecule has 0 aliphatic rings. The van der Waals surface area contributed by atoms with Crippen LogP contribution in [0.1, 0.15) is 16.2 Å². The van der Waals surface area contributed by atoms with Gasteiger partial charge < -0.3 is 10.4 Å². The highest BCUT2D eigenvalue weighted by molar-refractivity contribution is 6.04. The summed E-state index contributed by atoms with van der Waals surface area (Å²) in [6.07, 6.45) is 2.43. The predicted molar refractivity (Wildman–Crippen MR) is 54.2 cm³/mol. The number of nitrogens with zero attached hydrogens (tertiary/aromatic N) is 2. The third-order valence-corrected chi connectivity index (χ3v) is 2.11. The molecule has 2 heterocycles. The van der Waals surface area contributed by atoms with Gasteiger partial charge in [-0.3, -0.25) is 4.79 Å². The molecule has 0 aliphatic heterocycles. The molecule has 0 aromatic carbocycles. The van der Waals surface area contributed by atoms with E-state index in [1.54, 1.807) is 12.1 Å². The topological polar surface area (TPSA) is 71.0 Å². The average molecular weight is 216 g/mol. The van der Waals surface area contributed by atoms with E-state index in [4.69, 9.17) is 0 Å². The van der Waals surface area contributed by atoms with Crippen LogP contribution in [-0.4, -0.2) is 5.78 Å². The molecule has 0 atom stereocenters. The number of ketones is 1. The number of hydrogen-bond acceptors (Lipinski definition) is 3. The quantitative estimate of drug-likeness (QED) is 0.408. The Kier molecular flexibility index (Phi) is 2.51. The van der Waals surface area contributed by atoms with Gasteiger partial charge in [-0.2, -0.15) is 9.46 Å². The molecule has 0 unspecified atom stereocenters. The van der Waals surface area contributed by atoms with E-state index in [9.17, 15) is 15.2 Å². The summed E-state index contributed by atoms with van der Waals surface area (Å²) in [6.45, 7) is 0. The van der Waals surface area contributed by atoms with Crippen molar-refractivity contribution in [3.8, 4) is 0 Å². The van der Waals surface area contributed by atoms with Gasteiger partial charge in [0.1, 0.15) is 0 Å². The van der Waals surface area contributed by atoms with Crippen molar-refractivity contribution in [3.63, 3.8) is 0 Å². The van der Waals surface area contributed by atoms with Crippen molar-refractivity contribution in [2.75, 3.05) is 0 Å². The number of pyridine rings is 2. The SMILES string of the molecule is O=C(c1cccc[n+]1[O-])c1cccc[n+]1[O-]. The molecule has 0 saturated carbocycles. The molecule has 0 aliphatic carbocycles. The van der Waals surface area contributed by atoms with Gasteiger partial charge >= 0.3 is 5.78 Å². The highest BCUT2D eigenvalue weighted by Gasteiger charge is 2.24. The van der Waals surface area contributed by atoms with E-state index in [2.05, 4.69) is 0 Å². The van der Waals surface area contributed by atoms with Crippen LogP contribution in [0.3, 0.4) is 0 Å². The first kappa shape index (κ1) is 10.1. The number of hydrogen-bond donors (Lipinski definition) is 0. The Labute approximate surface area is 91.4 Å². The zero-order chi connectivity index (χ0) is 11.5. The fourth-order valence-electron chi connectivity index (χ4n) is 1.34. The Bertz CT molecular complexity index is 493. The van der Waals surface area contributed by atoms with Crippen LogP contribution >= 0.6 is 0 Å². The monoisotopic (exact) mass is 216 g/mol. The second-order valence-electron chi connectivity index (χ2n) is 3.15. The van der Waals surface area contributed by atoms with Crippen LogP contribution in [0.2, 0.25) is 0 Å². The van der Waals surface area contributed by atoms with Crippen LogP contribution in [0, 0.1) is 10.4 Å². The van der Waals surface area contributed by atoms with Crippen molar-refractivity contribution in [1.82, 2.24) is 0 Å². The number of carbonyl (C=O) groups excluding carboxylic acids is 1. The fraction of sp³-hybridized carbons (Fsp3) is 0. The fourth-order valence-corrected chi connectivity index (χ4v) is 1.34. The minimum Gasteiger partial charge on any atom is -0.618 e. The second kappa shape index (κ2) is 3.98. The molecule has 2 aromatic rings. The van der Waals surface area contributed by atoms with E-state index in [1.807, 2.05) is 0 Å². The Morgan fingerprint density at radius 1 is 0.875 bits per heavy atom. The highest BCUT2D eigenvalue weighted by atomic mass is 16.5. The number of carbonyl (C=O) groups is 1. The predicted octanol–water partition coefficient (Wildman–Crippen LogP) is 0.184. The van der Waals surface area contributed by atoms with Gasteiger partial charge in [-0.25, -0.2) is 0 Å². The molecule has 0 radical (unpaired) electrons. The molecular formula is C11H8N2O3. The summed E-state index contributed by atoms with van der Waals surface area (Å²) >= 11 is 0. The van der Waals surface area contributed by atoms with Gasteiger partial charge in [0.2, 0.25) is 0 Å². The van der Waals surface area contributed by atoms with Crippen LogP contribution < -0.4 is 9.46 Å². The summed E-state index contributed by atoms with van der Waals surface area (Å²) in [5, 5.41) is 22.7. The lowest BCUT2D eigenvalue weighted by atomic mass is 10.2. The lowest BCUT2D eigenvalue weighted by Gasteiger charge is -2.03. The van der Waals surface area contributed by atoms with Gasteiger partial charge in [0, 0.05) is 24.3 Å². The van der Waals surface area contributed by atoms with Crippen molar-refractivity contribution >= 4 is 5.78 Å². The van der Waals surface area contributed by atoms with Crippen LogP contribution in [-0.2, 0) is 0 Å². The van der Waals surface area contributed by atoms with Gasteiger partial charge in [-0.1, -0.05) is 0 Å².